The van der Waals surface area contributed by atoms with Gasteiger partial charge in [0, 0.05) is 38.3 Å². The van der Waals surface area contributed by atoms with E-state index in [9.17, 15) is 10.1 Å². The lowest BCUT2D eigenvalue weighted by atomic mass is 9.92. The summed E-state index contributed by atoms with van der Waals surface area (Å²) in [4.78, 5) is 21.3. The van der Waals surface area contributed by atoms with Crippen LogP contribution in [0.2, 0.25) is 0 Å². The number of carbonyl (C=O) groups is 1. The SMILES string of the molecule is CCN1CCC[C@H]1CNC(=O)CCC1CCN(c2ncccc2C#N)CC1. The Morgan fingerprint density at radius 2 is 2.15 bits per heavy atom. The number of rotatable bonds is 7. The van der Waals surface area contributed by atoms with Crippen molar-refractivity contribution in [2.24, 2.45) is 5.92 Å². The lowest BCUT2D eigenvalue weighted by molar-refractivity contribution is -0.121. The molecule has 3 rings (SSSR count). The molecule has 2 fully saturated rings. The molecular formula is C21H31N5O. The Balaban J connectivity index is 1.37. The van der Waals surface area contributed by atoms with Gasteiger partial charge in [-0.15, -0.1) is 0 Å². The van der Waals surface area contributed by atoms with Crippen molar-refractivity contribution in [2.75, 3.05) is 37.6 Å². The van der Waals surface area contributed by atoms with Crippen molar-refractivity contribution >= 4 is 11.7 Å². The number of likely N-dealkylation sites (tertiary alicyclic amines) is 1. The molecule has 0 bridgehead atoms. The number of nitriles is 1. The summed E-state index contributed by atoms with van der Waals surface area (Å²) in [6.45, 7) is 7.04. The van der Waals surface area contributed by atoms with E-state index in [2.05, 4.69) is 33.1 Å². The smallest absolute Gasteiger partial charge is 0.220 e. The van der Waals surface area contributed by atoms with Gasteiger partial charge in [-0.2, -0.15) is 5.26 Å². The fourth-order valence-corrected chi connectivity index (χ4v) is 4.37. The standard InChI is InChI=1S/C21H31N5O/c1-2-25-12-4-6-19(25)16-24-20(27)8-7-17-9-13-26(14-10-17)21-18(15-22)5-3-11-23-21/h3,5,11,17,19H,2,4,6-10,12-14,16H2,1H3,(H,24,27)/t19-/m0/s1. The van der Waals surface area contributed by atoms with Gasteiger partial charge in [-0.3, -0.25) is 9.69 Å². The number of piperidine rings is 1. The van der Waals surface area contributed by atoms with Crippen molar-refractivity contribution in [1.82, 2.24) is 15.2 Å². The maximum absolute atomic E-state index is 12.2. The van der Waals surface area contributed by atoms with Gasteiger partial charge in [0.1, 0.15) is 11.9 Å². The Bertz CT molecular complexity index is 663. The number of carbonyl (C=O) groups excluding carboxylic acids is 1. The first-order valence-electron chi connectivity index (χ1n) is 10.3. The molecule has 2 aliphatic heterocycles. The number of nitrogens with zero attached hydrogens (tertiary/aromatic N) is 4. The Kier molecular flexibility index (Phi) is 7.05. The molecule has 2 saturated heterocycles. The Labute approximate surface area is 162 Å². The van der Waals surface area contributed by atoms with Gasteiger partial charge in [0.05, 0.1) is 5.56 Å². The van der Waals surface area contributed by atoms with Crippen LogP contribution in [0.1, 0.15) is 51.0 Å². The van der Waals surface area contributed by atoms with Crippen LogP contribution in [0.25, 0.3) is 0 Å². The van der Waals surface area contributed by atoms with Crippen molar-refractivity contribution in [1.29, 1.82) is 5.26 Å². The molecule has 146 valence electrons. The minimum Gasteiger partial charge on any atom is -0.356 e. The van der Waals surface area contributed by atoms with Gasteiger partial charge in [0.15, 0.2) is 0 Å². The van der Waals surface area contributed by atoms with Crippen LogP contribution in [0.15, 0.2) is 18.3 Å². The lowest BCUT2D eigenvalue weighted by Crippen LogP contribution is -2.40. The Morgan fingerprint density at radius 1 is 1.33 bits per heavy atom. The predicted molar refractivity (Wildman–Crippen MR) is 106 cm³/mol. The number of amides is 1. The summed E-state index contributed by atoms with van der Waals surface area (Å²) in [5.74, 6) is 1.57. The van der Waals surface area contributed by atoms with E-state index >= 15 is 0 Å². The highest BCUT2D eigenvalue weighted by molar-refractivity contribution is 5.75. The third-order valence-corrected chi connectivity index (χ3v) is 6.04. The summed E-state index contributed by atoms with van der Waals surface area (Å²) in [5.41, 5.74) is 0.642. The molecule has 1 aromatic heterocycles. The summed E-state index contributed by atoms with van der Waals surface area (Å²) in [7, 11) is 0. The first-order valence-corrected chi connectivity index (χ1v) is 10.3. The minimum atomic E-state index is 0.192. The second-order valence-corrected chi connectivity index (χ2v) is 7.68. The number of pyridine rings is 1. The van der Waals surface area contributed by atoms with E-state index in [1.165, 1.54) is 19.4 Å². The molecule has 1 amide bonds. The molecule has 0 radical (unpaired) electrons. The van der Waals surface area contributed by atoms with E-state index in [1.54, 1.807) is 12.3 Å². The van der Waals surface area contributed by atoms with Gasteiger partial charge >= 0.3 is 0 Å². The molecule has 0 saturated carbocycles. The number of hydrogen-bond donors (Lipinski definition) is 1. The summed E-state index contributed by atoms with van der Waals surface area (Å²) in [5, 5.41) is 12.4. The van der Waals surface area contributed by atoms with E-state index in [4.69, 9.17) is 0 Å². The highest BCUT2D eigenvalue weighted by atomic mass is 16.1. The molecule has 3 heterocycles. The summed E-state index contributed by atoms with van der Waals surface area (Å²) >= 11 is 0. The maximum Gasteiger partial charge on any atom is 0.220 e. The largest absolute Gasteiger partial charge is 0.356 e. The van der Waals surface area contributed by atoms with Gasteiger partial charge in [0.2, 0.25) is 5.91 Å². The second kappa shape index (κ2) is 9.70. The van der Waals surface area contributed by atoms with Crippen LogP contribution in [0.4, 0.5) is 5.82 Å². The lowest BCUT2D eigenvalue weighted by Gasteiger charge is -2.33. The summed E-state index contributed by atoms with van der Waals surface area (Å²) in [6.07, 6.45) is 7.88. The minimum absolute atomic E-state index is 0.192. The monoisotopic (exact) mass is 369 g/mol. The van der Waals surface area contributed by atoms with Gasteiger partial charge in [0.25, 0.3) is 0 Å². The number of nitrogens with one attached hydrogen (secondary N) is 1. The summed E-state index contributed by atoms with van der Waals surface area (Å²) in [6, 6.07) is 6.38. The average molecular weight is 370 g/mol. The molecule has 0 spiro atoms. The van der Waals surface area contributed by atoms with Crippen molar-refractivity contribution in [3.63, 3.8) is 0 Å². The zero-order valence-corrected chi connectivity index (χ0v) is 16.4. The third kappa shape index (κ3) is 5.20. The predicted octanol–water partition coefficient (Wildman–Crippen LogP) is 2.55. The van der Waals surface area contributed by atoms with Crippen LogP contribution >= 0.6 is 0 Å². The van der Waals surface area contributed by atoms with Crippen LogP contribution in [-0.2, 0) is 4.79 Å². The average Bonchev–Trinajstić information content (AvgIpc) is 3.18. The molecule has 0 unspecified atom stereocenters. The molecular weight excluding hydrogens is 338 g/mol. The molecule has 2 aliphatic rings. The number of aromatic nitrogens is 1. The molecule has 0 aliphatic carbocycles. The molecule has 1 N–H and O–H groups in total. The van der Waals surface area contributed by atoms with Crippen molar-refractivity contribution in [3.8, 4) is 6.07 Å². The van der Waals surface area contributed by atoms with Crippen molar-refractivity contribution in [2.45, 2.75) is 51.5 Å². The van der Waals surface area contributed by atoms with E-state index in [-0.39, 0.29) is 5.91 Å². The zero-order chi connectivity index (χ0) is 19.1. The van der Waals surface area contributed by atoms with Crippen LogP contribution in [-0.4, -0.2) is 54.6 Å². The fraction of sp³-hybridized carbons (Fsp3) is 0.667. The first kappa shape index (κ1) is 19.6. The van der Waals surface area contributed by atoms with Crippen LogP contribution in [0, 0.1) is 17.2 Å². The highest BCUT2D eigenvalue weighted by Crippen LogP contribution is 2.26. The molecule has 27 heavy (non-hydrogen) atoms. The highest BCUT2D eigenvalue weighted by Gasteiger charge is 2.24. The van der Waals surface area contributed by atoms with Gasteiger partial charge in [-0.25, -0.2) is 4.98 Å². The van der Waals surface area contributed by atoms with Gasteiger partial charge in [-0.05, 0) is 63.2 Å². The molecule has 6 nitrogen and oxygen atoms in total. The van der Waals surface area contributed by atoms with E-state index in [0.717, 1.165) is 51.3 Å². The summed E-state index contributed by atoms with van der Waals surface area (Å²) < 4.78 is 0. The van der Waals surface area contributed by atoms with Crippen LogP contribution < -0.4 is 10.2 Å². The molecule has 1 aromatic rings. The molecule has 0 aromatic carbocycles. The van der Waals surface area contributed by atoms with Crippen molar-refractivity contribution < 1.29 is 4.79 Å². The number of anilines is 1. The maximum atomic E-state index is 12.2. The second-order valence-electron chi connectivity index (χ2n) is 7.68. The normalized spacial score (nSPS) is 21.2. The third-order valence-electron chi connectivity index (χ3n) is 6.04. The number of likely N-dealkylation sites (N-methyl/N-ethyl adjacent to an activating group) is 1. The fourth-order valence-electron chi connectivity index (χ4n) is 4.37. The van der Waals surface area contributed by atoms with Gasteiger partial charge < -0.3 is 10.2 Å². The van der Waals surface area contributed by atoms with E-state index in [0.29, 0.717) is 23.9 Å². The van der Waals surface area contributed by atoms with E-state index in [1.807, 2.05) is 6.07 Å². The zero-order valence-electron chi connectivity index (χ0n) is 16.4. The van der Waals surface area contributed by atoms with Crippen molar-refractivity contribution in [3.05, 3.63) is 23.9 Å². The topological polar surface area (TPSA) is 72.3 Å². The Morgan fingerprint density at radius 3 is 2.89 bits per heavy atom. The first-order chi connectivity index (χ1) is 13.2. The van der Waals surface area contributed by atoms with Gasteiger partial charge in [-0.1, -0.05) is 6.92 Å². The molecule has 6 heteroatoms. The van der Waals surface area contributed by atoms with Crippen LogP contribution in [0.5, 0.6) is 0 Å². The molecule has 1 atom stereocenters. The van der Waals surface area contributed by atoms with E-state index < -0.39 is 0 Å². The quantitative estimate of drug-likeness (QED) is 0.800. The van der Waals surface area contributed by atoms with Crippen LogP contribution in [0.3, 0.4) is 0 Å². The number of hydrogen-bond acceptors (Lipinski definition) is 5. The Hall–Kier alpha value is -2.13.